The van der Waals surface area contributed by atoms with E-state index >= 15 is 0 Å². The summed E-state index contributed by atoms with van der Waals surface area (Å²) in [5.41, 5.74) is 1.22. The molecule has 0 radical (unpaired) electrons. The van der Waals surface area contributed by atoms with Gasteiger partial charge in [-0.05, 0) is 38.0 Å². The van der Waals surface area contributed by atoms with Gasteiger partial charge in [-0.25, -0.2) is 9.67 Å². The molecule has 0 spiro atoms. The molecule has 2 aromatic heterocycles. The van der Waals surface area contributed by atoms with Gasteiger partial charge in [-0.3, -0.25) is 0 Å². The summed E-state index contributed by atoms with van der Waals surface area (Å²) >= 11 is 0. The minimum absolute atomic E-state index is 0.105. The van der Waals surface area contributed by atoms with Crippen molar-refractivity contribution in [3.05, 3.63) is 53.3 Å². The first-order chi connectivity index (χ1) is 10.9. The third kappa shape index (κ3) is 2.38. The normalized spacial score (nSPS) is 15.3. The van der Waals surface area contributed by atoms with Crippen LogP contribution in [0, 0.1) is 6.92 Å². The molecule has 2 heterocycles. The topological polar surface area (TPSA) is 30.7 Å². The van der Waals surface area contributed by atoms with Crippen LogP contribution in [0.2, 0.25) is 0 Å². The van der Waals surface area contributed by atoms with E-state index in [1.54, 1.807) is 6.92 Å². The van der Waals surface area contributed by atoms with E-state index in [1.165, 1.54) is 4.68 Å². The number of halogens is 3. The average molecular weight is 317 g/mol. The van der Waals surface area contributed by atoms with Gasteiger partial charge in [0.25, 0.3) is 0 Å². The number of rotatable bonds is 2. The lowest BCUT2D eigenvalue weighted by atomic mass is 10.1. The fourth-order valence-corrected chi connectivity index (χ4v) is 2.88. The number of aryl methyl sites for hydroxylation is 1. The van der Waals surface area contributed by atoms with Gasteiger partial charge in [0.1, 0.15) is 0 Å². The van der Waals surface area contributed by atoms with Crippen molar-refractivity contribution in [2.75, 3.05) is 0 Å². The highest BCUT2D eigenvalue weighted by molar-refractivity contribution is 5.85. The van der Waals surface area contributed by atoms with E-state index in [1.807, 2.05) is 30.3 Å². The summed E-state index contributed by atoms with van der Waals surface area (Å²) in [5.74, 6) is 0.105. The van der Waals surface area contributed by atoms with Crippen LogP contribution >= 0.6 is 0 Å². The summed E-state index contributed by atoms with van der Waals surface area (Å²) in [7, 11) is 0. The number of alkyl halides is 3. The first kappa shape index (κ1) is 14.2. The zero-order chi connectivity index (χ0) is 16.2. The number of hydrogen-bond donors (Lipinski definition) is 0. The Bertz CT molecular complexity index is 877. The van der Waals surface area contributed by atoms with Crippen LogP contribution in [-0.2, 0) is 6.18 Å². The van der Waals surface area contributed by atoms with Crippen LogP contribution < -0.4 is 0 Å². The van der Waals surface area contributed by atoms with Crippen LogP contribution in [-0.4, -0.2) is 14.8 Å². The fourth-order valence-electron chi connectivity index (χ4n) is 2.88. The van der Waals surface area contributed by atoms with Crippen LogP contribution in [0.3, 0.4) is 0 Å². The van der Waals surface area contributed by atoms with Crippen molar-refractivity contribution >= 4 is 11.0 Å². The van der Waals surface area contributed by atoms with Gasteiger partial charge in [-0.1, -0.05) is 18.2 Å². The minimum atomic E-state index is -4.42. The zero-order valence-corrected chi connectivity index (χ0v) is 12.4. The summed E-state index contributed by atoms with van der Waals surface area (Å²) in [6.45, 7) is 1.58. The molecule has 0 bridgehead atoms. The van der Waals surface area contributed by atoms with E-state index in [4.69, 9.17) is 0 Å². The van der Waals surface area contributed by atoms with Gasteiger partial charge in [0.2, 0.25) is 0 Å². The van der Waals surface area contributed by atoms with Gasteiger partial charge in [0, 0.05) is 11.6 Å². The lowest BCUT2D eigenvalue weighted by molar-refractivity contribution is -0.136. The Morgan fingerprint density at radius 1 is 1.13 bits per heavy atom. The van der Waals surface area contributed by atoms with Gasteiger partial charge in [0.05, 0.1) is 22.3 Å². The molecule has 0 aliphatic heterocycles. The van der Waals surface area contributed by atoms with Gasteiger partial charge in [-0.15, -0.1) is 0 Å². The quantitative estimate of drug-likeness (QED) is 0.690. The van der Waals surface area contributed by atoms with Gasteiger partial charge < -0.3 is 0 Å². The second kappa shape index (κ2) is 4.81. The molecule has 3 nitrogen and oxygen atoms in total. The van der Waals surface area contributed by atoms with Crippen molar-refractivity contribution in [1.29, 1.82) is 0 Å². The smallest absolute Gasteiger partial charge is 0.233 e. The minimum Gasteiger partial charge on any atom is -0.233 e. The Morgan fingerprint density at radius 2 is 1.83 bits per heavy atom. The van der Waals surface area contributed by atoms with E-state index in [9.17, 15) is 13.2 Å². The van der Waals surface area contributed by atoms with Crippen molar-refractivity contribution < 1.29 is 13.2 Å². The number of pyridine rings is 1. The van der Waals surface area contributed by atoms with Crippen LogP contribution in [0.15, 0.2) is 36.4 Å². The van der Waals surface area contributed by atoms with Crippen LogP contribution in [0.1, 0.15) is 35.7 Å². The van der Waals surface area contributed by atoms with Crippen LogP contribution in [0.4, 0.5) is 13.2 Å². The molecule has 1 saturated carbocycles. The first-order valence-electron chi connectivity index (χ1n) is 7.48. The van der Waals surface area contributed by atoms with E-state index in [2.05, 4.69) is 10.1 Å². The molecule has 6 heteroatoms. The SMILES string of the molecule is Cc1cc(C(F)(F)F)c2c(C3CC3)nn(-c3ccccc3)c2n1. The average Bonchev–Trinajstić information content (AvgIpc) is 3.28. The molecule has 118 valence electrons. The molecule has 0 unspecified atom stereocenters. The van der Waals surface area contributed by atoms with Crippen molar-refractivity contribution in [2.24, 2.45) is 0 Å². The van der Waals surface area contributed by atoms with Crippen molar-refractivity contribution in [3.8, 4) is 5.69 Å². The van der Waals surface area contributed by atoms with Gasteiger partial charge in [0.15, 0.2) is 5.65 Å². The van der Waals surface area contributed by atoms with E-state index in [0.717, 1.165) is 24.6 Å². The number of fused-ring (bicyclic) bond motifs is 1. The molecule has 0 amide bonds. The summed E-state index contributed by atoms with van der Waals surface area (Å²) in [5, 5.41) is 4.64. The summed E-state index contributed by atoms with van der Waals surface area (Å²) in [4.78, 5) is 4.36. The third-order valence-corrected chi connectivity index (χ3v) is 4.06. The number of aromatic nitrogens is 3. The largest absolute Gasteiger partial charge is 0.417 e. The predicted molar refractivity (Wildman–Crippen MR) is 80.6 cm³/mol. The predicted octanol–water partition coefficient (Wildman–Crippen LogP) is 4.63. The van der Waals surface area contributed by atoms with Crippen molar-refractivity contribution in [3.63, 3.8) is 0 Å². The van der Waals surface area contributed by atoms with Gasteiger partial charge >= 0.3 is 6.18 Å². The Morgan fingerprint density at radius 3 is 2.43 bits per heavy atom. The van der Waals surface area contributed by atoms with Crippen LogP contribution in [0.25, 0.3) is 16.7 Å². The van der Waals surface area contributed by atoms with E-state index in [0.29, 0.717) is 11.4 Å². The lowest BCUT2D eigenvalue weighted by Crippen LogP contribution is -2.08. The maximum absolute atomic E-state index is 13.5. The molecule has 4 rings (SSSR count). The molecule has 1 aliphatic rings. The number of nitrogens with zero attached hydrogens (tertiary/aromatic N) is 3. The molecule has 0 saturated heterocycles. The molecule has 1 aromatic carbocycles. The molecule has 23 heavy (non-hydrogen) atoms. The monoisotopic (exact) mass is 317 g/mol. The highest BCUT2D eigenvalue weighted by atomic mass is 19.4. The third-order valence-electron chi connectivity index (χ3n) is 4.06. The highest BCUT2D eigenvalue weighted by Gasteiger charge is 2.39. The summed E-state index contributed by atoms with van der Waals surface area (Å²) in [6, 6.07) is 10.3. The fraction of sp³-hybridized carbons (Fsp3) is 0.294. The lowest BCUT2D eigenvalue weighted by Gasteiger charge is -2.10. The molecule has 0 atom stereocenters. The van der Waals surface area contributed by atoms with Gasteiger partial charge in [-0.2, -0.15) is 18.3 Å². The number of para-hydroxylation sites is 1. The Kier molecular flexibility index (Phi) is 2.98. The van der Waals surface area contributed by atoms with E-state index < -0.39 is 11.7 Å². The molecule has 1 fully saturated rings. The summed E-state index contributed by atoms with van der Waals surface area (Å²) in [6.07, 6.45) is -2.65. The number of benzene rings is 1. The first-order valence-corrected chi connectivity index (χ1v) is 7.48. The Labute approximate surface area is 130 Å². The molecule has 0 N–H and O–H groups in total. The van der Waals surface area contributed by atoms with Crippen molar-refractivity contribution in [1.82, 2.24) is 14.8 Å². The van der Waals surface area contributed by atoms with Crippen LogP contribution in [0.5, 0.6) is 0 Å². The Hall–Kier alpha value is -2.37. The standard InChI is InChI=1S/C17H14F3N3/c1-10-9-13(17(18,19)20)14-15(11-7-8-11)22-23(16(14)21-10)12-5-3-2-4-6-12/h2-6,9,11H,7-8H2,1H3. The Balaban J connectivity index is 2.08. The number of hydrogen-bond acceptors (Lipinski definition) is 2. The molecule has 3 aromatic rings. The van der Waals surface area contributed by atoms with Crippen molar-refractivity contribution in [2.45, 2.75) is 31.9 Å². The second-order valence-electron chi connectivity index (χ2n) is 5.91. The summed E-state index contributed by atoms with van der Waals surface area (Å²) < 4.78 is 42.1. The zero-order valence-electron chi connectivity index (χ0n) is 12.4. The molecular formula is C17H14F3N3. The molecular weight excluding hydrogens is 303 g/mol. The molecule has 1 aliphatic carbocycles. The maximum Gasteiger partial charge on any atom is 0.417 e. The van der Waals surface area contributed by atoms with E-state index in [-0.39, 0.29) is 17.0 Å². The highest BCUT2D eigenvalue weighted by Crippen LogP contribution is 2.46. The maximum atomic E-state index is 13.5. The second-order valence-corrected chi connectivity index (χ2v) is 5.91.